The van der Waals surface area contributed by atoms with Gasteiger partial charge in [0.1, 0.15) is 4.21 Å². The molecule has 1 fully saturated rings. The molecule has 1 saturated heterocycles. The highest BCUT2D eigenvalue weighted by Gasteiger charge is 2.23. The molecule has 6 nitrogen and oxygen atoms in total. The van der Waals surface area contributed by atoms with Gasteiger partial charge in [0.05, 0.1) is 6.54 Å². The van der Waals surface area contributed by atoms with E-state index in [1.54, 1.807) is 11.0 Å². The average Bonchev–Trinajstić information content (AvgIpc) is 3.03. The molecule has 22 heavy (non-hydrogen) atoms. The molecule has 8 heteroatoms. The molecule has 1 aliphatic rings. The van der Waals surface area contributed by atoms with Gasteiger partial charge in [-0.05, 0) is 25.1 Å². The molecule has 2 rings (SSSR count). The number of sulfonamides is 1. The van der Waals surface area contributed by atoms with Crippen molar-refractivity contribution in [3.8, 4) is 0 Å². The minimum atomic E-state index is -3.59. The van der Waals surface area contributed by atoms with E-state index in [1.165, 1.54) is 11.3 Å². The lowest BCUT2D eigenvalue weighted by atomic mass is 10.3. The molecular weight excluding hydrogens is 322 g/mol. The Labute approximate surface area is 136 Å². The SMILES string of the molecule is CCc1ccc(S(=O)(=O)NCC(=O)N2CCN(CC)CC2)s1. The highest BCUT2D eigenvalue weighted by atomic mass is 32.2. The van der Waals surface area contributed by atoms with Crippen LogP contribution in [0.25, 0.3) is 0 Å². The normalized spacial score (nSPS) is 16.9. The number of amides is 1. The molecule has 0 saturated carbocycles. The predicted molar refractivity (Wildman–Crippen MR) is 87.6 cm³/mol. The third kappa shape index (κ3) is 4.28. The lowest BCUT2D eigenvalue weighted by molar-refractivity contribution is -0.131. The van der Waals surface area contributed by atoms with Crippen molar-refractivity contribution in [1.29, 1.82) is 0 Å². The van der Waals surface area contributed by atoms with Crippen molar-refractivity contribution in [1.82, 2.24) is 14.5 Å². The van der Waals surface area contributed by atoms with E-state index in [2.05, 4.69) is 16.5 Å². The molecule has 0 spiro atoms. The fourth-order valence-electron chi connectivity index (χ4n) is 2.35. The standard InChI is InChI=1S/C14H23N3O3S2/c1-3-12-5-6-14(21-12)22(19,20)15-11-13(18)17-9-7-16(4-2)8-10-17/h5-6,15H,3-4,7-11H2,1-2H3. The maximum Gasteiger partial charge on any atom is 0.250 e. The highest BCUT2D eigenvalue weighted by Crippen LogP contribution is 2.21. The van der Waals surface area contributed by atoms with Crippen molar-refractivity contribution in [3.05, 3.63) is 17.0 Å². The van der Waals surface area contributed by atoms with Crippen molar-refractivity contribution < 1.29 is 13.2 Å². The number of piperazine rings is 1. The molecule has 2 heterocycles. The lowest BCUT2D eigenvalue weighted by Gasteiger charge is -2.34. The van der Waals surface area contributed by atoms with E-state index in [4.69, 9.17) is 0 Å². The Balaban J connectivity index is 1.87. The largest absolute Gasteiger partial charge is 0.339 e. The van der Waals surface area contributed by atoms with Crippen LogP contribution in [-0.4, -0.2) is 63.4 Å². The fraction of sp³-hybridized carbons (Fsp3) is 0.643. The lowest BCUT2D eigenvalue weighted by Crippen LogP contribution is -2.50. The minimum Gasteiger partial charge on any atom is -0.339 e. The number of thiophene rings is 1. The van der Waals surface area contributed by atoms with E-state index in [0.717, 1.165) is 30.9 Å². The Hall–Kier alpha value is -0.960. The number of nitrogens with zero attached hydrogens (tertiary/aromatic N) is 2. The van der Waals surface area contributed by atoms with Gasteiger partial charge in [-0.15, -0.1) is 11.3 Å². The van der Waals surface area contributed by atoms with Gasteiger partial charge in [0.2, 0.25) is 5.91 Å². The number of rotatable bonds is 6. The predicted octanol–water partition coefficient (Wildman–Crippen LogP) is 0.753. The highest BCUT2D eigenvalue weighted by molar-refractivity contribution is 7.91. The minimum absolute atomic E-state index is 0.161. The van der Waals surface area contributed by atoms with Gasteiger partial charge in [-0.3, -0.25) is 4.79 Å². The molecule has 1 aromatic rings. The smallest absolute Gasteiger partial charge is 0.250 e. The van der Waals surface area contributed by atoms with Gasteiger partial charge < -0.3 is 9.80 Å². The fourth-order valence-corrected chi connectivity index (χ4v) is 4.66. The van der Waals surface area contributed by atoms with E-state index in [1.807, 2.05) is 13.0 Å². The zero-order chi connectivity index (χ0) is 16.2. The summed E-state index contributed by atoms with van der Waals surface area (Å²) in [7, 11) is -3.59. The van der Waals surface area contributed by atoms with E-state index in [0.29, 0.717) is 13.1 Å². The molecule has 1 N–H and O–H groups in total. The molecule has 1 amide bonds. The Morgan fingerprint density at radius 3 is 2.45 bits per heavy atom. The van der Waals surface area contributed by atoms with E-state index in [-0.39, 0.29) is 16.7 Å². The average molecular weight is 345 g/mol. The summed E-state index contributed by atoms with van der Waals surface area (Å²) < 4.78 is 27.0. The van der Waals surface area contributed by atoms with Gasteiger partial charge in [0.25, 0.3) is 10.0 Å². The van der Waals surface area contributed by atoms with Crippen molar-refractivity contribution in [2.75, 3.05) is 39.3 Å². The number of carbonyl (C=O) groups is 1. The van der Waals surface area contributed by atoms with Crippen LogP contribution in [0.4, 0.5) is 0 Å². The van der Waals surface area contributed by atoms with Crippen LogP contribution >= 0.6 is 11.3 Å². The summed E-state index contributed by atoms with van der Waals surface area (Å²) in [4.78, 5) is 17.1. The van der Waals surface area contributed by atoms with Crippen molar-refractivity contribution >= 4 is 27.3 Å². The van der Waals surface area contributed by atoms with Crippen LogP contribution < -0.4 is 4.72 Å². The molecule has 0 unspecified atom stereocenters. The molecule has 0 aliphatic carbocycles. The molecule has 124 valence electrons. The van der Waals surface area contributed by atoms with Crippen molar-refractivity contribution in [2.45, 2.75) is 24.5 Å². The molecule has 0 bridgehead atoms. The molecule has 0 atom stereocenters. The van der Waals surface area contributed by atoms with Gasteiger partial charge in [0.15, 0.2) is 0 Å². The van der Waals surface area contributed by atoms with Crippen LogP contribution in [0, 0.1) is 0 Å². The van der Waals surface area contributed by atoms with Gasteiger partial charge in [-0.2, -0.15) is 0 Å². The van der Waals surface area contributed by atoms with Crippen molar-refractivity contribution in [2.24, 2.45) is 0 Å². The zero-order valence-electron chi connectivity index (χ0n) is 13.0. The Morgan fingerprint density at radius 1 is 1.23 bits per heavy atom. The number of hydrogen-bond acceptors (Lipinski definition) is 5. The number of likely N-dealkylation sites (N-methyl/N-ethyl adjacent to an activating group) is 1. The summed E-state index contributed by atoms with van der Waals surface area (Å²) >= 11 is 1.25. The molecular formula is C14H23N3O3S2. The topological polar surface area (TPSA) is 69.7 Å². The van der Waals surface area contributed by atoms with Crippen molar-refractivity contribution in [3.63, 3.8) is 0 Å². The van der Waals surface area contributed by atoms with Crippen LogP contribution in [-0.2, 0) is 21.2 Å². The first kappa shape index (κ1) is 17.4. The third-order valence-electron chi connectivity index (χ3n) is 3.84. The Bertz CT molecular complexity index is 605. The summed E-state index contributed by atoms with van der Waals surface area (Å²) in [5.74, 6) is -0.161. The number of carbonyl (C=O) groups excluding carboxylic acids is 1. The Morgan fingerprint density at radius 2 is 1.91 bits per heavy atom. The molecule has 0 aromatic carbocycles. The quantitative estimate of drug-likeness (QED) is 0.826. The van der Waals surface area contributed by atoms with Gasteiger partial charge in [-0.25, -0.2) is 13.1 Å². The maximum atomic E-state index is 12.2. The van der Waals surface area contributed by atoms with E-state index < -0.39 is 10.0 Å². The summed E-state index contributed by atoms with van der Waals surface area (Å²) in [6, 6.07) is 3.40. The second kappa shape index (κ2) is 7.54. The van der Waals surface area contributed by atoms with Crippen LogP contribution in [0.2, 0.25) is 0 Å². The maximum absolute atomic E-state index is 12.2. The van der Waals surface area contributed by atoms with Crippen LogP contribution in [0.3, 0.4) is 0 Å². The van der Waals surface area contributed by atoms with Crippen LogP contribution in [0.1, 0.15) is 18.7 Å². The van der Waals surface area contributed by atoms with Gasteiger partial charge in [0, 0.05) is 31.1 Å². The monoisotopic (exact) mass is 345 g/mol. The molecule has 1 aliphatic heterocycles. The zero-order valence-corrected chi connectivity index (χ0v) is 14.7. The number of nitrogens with one attached hydrogen (secondary N) is 1. The second-order valence-electron chi connectivity index (χ2n) is 5.21. The summed E-state index contributed by atoms with van der Waals surface area (Å²) in [5, 5.41) is 0. The first-order valence-electron chi connectivity index (χ1n) is 7.54. The third-order valence-corrected chi connectivity index (χ3v) is 6.96. The summed E-state index contributed by atoms with van der Waals surface area (Å²) in [5.41, 5.74) is 0. The van der Waals surface area contributed by atoms with Gasteiger partial charge >= 0.3 is 0 Å². The number of aryl methyl sites for hydroxylation is 1. The van der Waals surface area contributed by atoms with Gasteiger partial charge in [-0.1, -0.05) is 13.8 Å². The second-order valence-corrected chi connectivity index (χ2v) is 8.38. The first-order valence-corrected chi connectivity index (χ1v) is 9.84. The summed E-state index contributed by atoms with van der Waals surface area (Å²) in [6.45, 7) is 7.90. The van der Waals surface area contributed by atoms with Crippen LogP contribution in [0.15, 0.2) is 16.3 Å². The van der Waals surface area contributed by atoms with E-state index in [9.17, 15) is 13.2 Å². The van der Waals surface area contributed by atoms with E-state index >= 15 is 0 Å². The number of hydrogen-bond donors (Lipinski definition) is 1. The Kier molecular flexibility index (Phi) is 5.96. The summed E-state index contributed by atoms with van der Waals surface area (Å²) in [6.07, 6.45) is 0.806. The van der Waals surface area contributed by atoms with Crippen LogP contribution in [0.5, 0.6) is 0 Å². The molecule has 1 aromatic heterocycles. The first-order chi connectivity index (χ1) is 10.5. The molecule has 0 radical (unpaired) electrons.